The second-order valence-electron chi connectivity index (χ2n) is 7.51. The number of para-hydroxylation sites is 1. The molecule has 0 saturated heterocycles. The Morgan fingerprint density at radius 1 is 1.03 bits per heavy atom. The van der Waals surface area contributed by atoms with Crippen molar-refractivity contribution in [1.82, 2.24) is 5.32 Å². The fraction of sp³-hybridized carbons (Fsp3) is 0.200. The largest absolute Gasteiger partial charge is 0.352 e. The lowest BCUT2D eigenvalue weighted by Gasteiger charge is -2.36. The SMILES string of the molecule is C[C@@H](C(=O)NCc1ccccc1)[C@@H]1Sc2ccccc2N(Cc2ccccc2Cl)C1=O. The Labute approximate surface area is 191 Å². The molecule has 0 radical (unpaired) electrons. The molecule has 3 aromatic carbocycles. The zero-order chi connectivity index (χ0) is 21.8. The molecule has 0 aromatic heterocycles. The van der Waals surface area contributed by atoms with E-state index < -0.39 is 11.2 Å². The lowest BCUT2D eigenvalue weighted by Crippen LogP contribution is -2.47. The maximum absolute atomic E-state index is 13.5. The van der Waals surface area contributed by atoms with E-state index in [0.717, 1.165) is 21.7 Å². The Kier molecular flexibility index (Phi) is 6.64. The highest BCUT2D eigenvalue weighted by molar-refractivity contribution is 8.01. The van der Waals surface area contributed by atoms with Crippen LogP contribution < -0.4 is 10.2 Å². The average molecular weight is 451 g/mol. The van der Waals surface area contributed by atoms with Crippen molar-refractivity contribution in [2.24, 2.45) is 5.92 Å². The van der Waals surface area contributed by atoms with Crippen LogP contribution in [0.4, 0.5) is 5.69 Å². The van der Waals surface area contributed by atoms with E-state index in [1.807, 2.05) is 85.8 Å². The number of carbonyl (C=O) groups is 2. The highest BCUT2D eigenvalue weighted by atomic mass is 35.5. The van der Waals surface area contributed by atoms with Gasteiger partial charge in [-0.1, -0.05) is 79.2 Å². The number of thioether (sulfide) groups is 1. The highest BCUT2D eigenvalue weighted by Gasteiger charge is 2.39. The number of fused-ring (bicyclic) bond motifs is 1. The maximum Gasteiger partial charge on any atom is 0.241 e. The highest BCUT2D eigenvalue weighted by Crippen LogP contribution is 2.42. The first kappa shape index (κ1) is 21.5. The normalized spacial score (nSPS) is 16.5. The molecule has 0 aliphatic carbocycles. The summed E-state index contributed by atoms with van der Waals surface area (Å²) in [4.78, 5) is 29.1. The molecule has 0 spiro atoms. The van der Waals surface area contributed by atoms with Gasteiger partial charge in [-0.15, -0.1) is 11.8 Å². The number of nitrogens with zero attached hydrogens (tertiary/aromatic N) is 1. The van der Waals surface area contributed by atoms with Gasteiger partial charge in [-0.3, -0.25) is 9.59 Å². The third-order valence-corrected chi connectivity index (χ3v) is 7.21. The first-order valence-electron chi connectivity index (χ1n) is 10.2. The number of amides is 2. The van der Waals surface area contributed by atoms with Crippen molar-refractivity contribution < 1.29 is 9.59 Å². The van der Waals surface area contributed by atoms with Gasteiger partial charge in [0.1, 0.15) is 5.25 Å². The summed E-state index contributed by atoms with van der Waals surface area (Å²) < 4.78 is 0. The maximum atomic E-state index is 13.5. The molecule has 31 heavy (non-hydrogen) atoms. The van der Waals surface area contributed by atoms with Crippen LogP contribution in [0.5, 0.6) is 0 Å². The minimum atomic E-state index is -0.506. The summed E-state index contributed by atoms with van der Waals surface area (Å²) in [6.07, 6.45) is 0. The zero-order valence-electron chi connectivity index (χ0n) is 17.1. The monoisotopic (exact) mass is 450 g/mol. The molecule has 4 rings (SSSR count). The predicted octanol–water partition coefficient (Wildman–Crippen LogP) is 5.30. The molecule has 4 nitrogen and oxygen atoms in total. The molecule has 0 unspecified atom stereocenters. The smallest absolute Gasteiger partial charge is 0.241 e. The first-order chi connectivity index (χ1) is 15.0. The van der Waals surface area contributed by atoms with Gasteiger partial charge in [-0.2, -0.15) is 0 Å². The standard InChI is InChI=1S/C25H23ClN2O2S/c1-17(24(29)27-15-18-9-3-2-4-10-18)23-25(30)28(16-19-11-5-6-12-20(19)26)21-13-7-8-14-22(21)31-23/h2-14,17,23H,15-16H2,1H3,(H,27,29)/t17-,23+/m1/s1. The molecule has 1 aliphatic rings. The lowest BCUT2D eigenvalue weighted by atomic mass is 10.0. The number of nitrogens with one attached hydrogen (secondary N) is 1. The van der Waals surface area contributed by atoms with Gasteiger partial charge in [0, 0.05) is 16.5 Å². The molecule has 1 heterocycles. The van der Waals surface area contributed by atoms with Crippen LogP contribution in [0.25, 0.3) is 0 Å². The summed E-state index contributed by atoms with van der Waals surface area (Å²) in [5.74, 6) is -0.693. The molecule has 0 fully saturated rings. The van der Waals surface area contributed by atoms with Crippen LogP contribution in [-0.4, -0.2) is 17.1 Å². The van der Waals surface area contributed by atoms with E-state index in [0.29, 0.717) is 18.1 Å². The van der Waals surface area contributed by atoms with Crippen LogP contribution in [0.1, 0.15) is 18.1 Å². The van der Waals surface area contributed by atoms with Crippen molar-refractivity contribution in [2.45, 2.75) is 30.2 Å². The van der Waals surface area contributed by atoms with Crippen LogP contribution in [0, 0.1) is 5.92 Å². The van der Waals surface area contributed by atoms with Crippen LogP contribution in [0.3, 0.4) is 0 Å². The quantitative estimate of drug-likeness (QED) is 0.554. The van der Waals surface area contributed by atoms with E-state index in [2.05, 4.69) is 5.32 Å². The first-order valence-corrected chi connectivity index (χ1v) is 11.4. The van der Waals surface area contributed by atoms with Crippen molar-refractivity contribution in [2.75, 3.05) is 4.90 Å². The Hall–Kier alpha value is -2.76. The van der Waals surface area contributed by atoms with E-state index in [1.165, 1.54) is 11.8 Å². The molecule has 1 aliphatic heterocycles. The second-order valence-corrected chi connectivity index (χ2v) is 9.10. The van der Waals surface area contributed by atoms with Gasteiger partial charge in [0.2, 0.25) is 11.8 Å². The Morgan fingerprint density at radius 3 is 2.48 bits per heavy atom. The number of hydrogen-bond acceptors (Lipinski definition) is 3. The number of carbonyl (C=O) groups excluding carboxylic acids is 2. The fourth-order valence-corrected chi connectivity index (χ4v) is 5.08. The molecule has 0 saturated carbocycles. The topological polar surface area (TPSA) is 49.4 Å². The minimum Gasteiger partial charge on any atom is -0.352 e. The summed E-state index contributed by atoms with van der Waals surface area (Å²) in [7, 11) is 0. The molecule has 0 bridgehead atoms. The van der Waals surface area contributed by atoms with Crippen molar-refractivity contribution in [3.63, 3.8) is 0 Å². The average Bonchev–Trinajstić information content (AvgIpc) is 2.80. The van der Waals surface area contributed by atoms with E-state index in [-0.39, 0.29) is 11.8 Å². The molecule has 1 N–H and O–H groups in total. The van der Waals surface area contributed by atoms with Gasteiger partial charge < -0.3 is 10.2 Å². The molecule has 3 aromatic rings. The van der Waals surface area contributed by atoms with Crippen molar-refractivity contribution >= 4 is 40.9 Å². The summed E-state index contributed by atoms with van der Waals surface area (Å²) in [5.41, 5.74) is 2.75. The van der Waals surface area contributed by atoms with Gasteiger partial charge in [-0.25, -0.2) is 0 Å². The zero-order valence-corrected chi connectivity index (χ0v) is 18.7. The van der Waals surface area contributed by atoms with Crippen molar-refractivity contribution in [3.8, 4) is 0 Å². The van der Waals surface area contributed by atoms with Gasteiger partial charge >= 0.3 is 0 Å². The van der Waals surface area contributed by atoms with Gasteiger partial charge in [0.05, 0.1) is 18.2 Å². The summed E-state index contributed by atoms with van der Waals surface area (Å²) in [6.45, 7) is 2.62. The van der Waals surface area contributed by atoms with Gasteiger partial charge in [0.25, 0.3) is 0 Å². The van der Waals surface area contributed by atoms with Crippen LogP contribution in [0.15, 0.2) is 83.8 Å². The van der Waals surface area contributed by atoms with Crippen molar-refractivity contribution in [3.05, 3.63) is 95.0 Å². The predicted molar refractivity (Wildman–Crippen MR) is 126 cm³/mol. The summed E-state index contributed by atoms with van der Waals surface area (Å²) in [6, 6.07) is 25.1. The fourth-order valence-electron chi connectivity index (χ4n) is 3.60. The molecule has 158 valence electrons. The third kappa shape index (κ3) is 4.78. The lowest BCUT2D eigenvalue weighted by molar-refractivity contribution is -0.128. The van der Waals surface area contributed by atoms with E-state index in [4.69, 9.17) is 11.6 Å². The summed E-state index contributed by atoms with van der Waals surface area (Å²) >= 11 is 7.82. The van der Waals surface area contributed by atoms with Gasteiger partial charge in [0.15, 0.2) is 0 Å². The Balaban J connectivity index is 1.55. The second kappa shape index (κ2) is 9.58. The number of anilines is 1. The van der Waals surface area contributed by atoms with E-state index in [1.54, 1.807) is 4.90 Å². The molecule has 6 heteroatoms. The molecular formula is C25H23ClN2O2S. The Bertz CT molecular complexity index is 1090. The molecule has 2 amide bonds. The Morgan fingerprint density at radius 2 is 1.71 bits per heavy atom. The van der Waals surface area contributed by atoms with E-state index >= 15 is 0 Å². The summed E-state index contributed by atoms with van der Waals surface area (Å²) in [5, 5.41) is 3.09. The molecular weight excluding hydrogens is 428 g/mol. The minimum absolute atomic E-state index is 0.0778. The van der Waals surface area contributed by atoms with Gasteiger partial charge in [-0.05, 0) is 29.3 Å². The molecule has 2 atom stereocenters. The van der Waals surface area contributed by atoms with Crippen LogP contribution in [0.2, 0.25) is 5.02 Å². The number of hydrogen-bond donors (Lipinski definition) is 1. The van der Waals surface area contributed by atoms with Crippen molar-refractivity contribution in [1.29, 1.82) is 0 Å². The number of halogens is 1. The van der Waals surface area contributed by atoms with E-state index in [9.17, 15) is 9.59 Å². The number of rotatable bonds is 6. The van der Waals surface area contributed by atoms with Crippen LogP contribution in [-0.2, 0) is 22.7 Å². The third-order valence-electron chi connectivity index (χ3n) is 5.38. The van der Waals surface area contributed by atoms with Crippen LogP contribution >= 0.6 is 23.4 Å². The number of benzene rings is 3.